The van der Waals surface area contributed by atoms with E-state index in [2.05, 4.69) is 20.5 Å². The number of oxazole rings is 1. The van der Waals surface area contributed by atoms with Gasteiger partial charge in [-0.1, -0.05) is 12.1 Å². The van der Waals surface area contributed by atoms with Gasteiger partial charge < -0.3 is 9.73 Å². The van der Waals surface area contributed by atoms with Crippen molar-refractivity contribution in [2.24, 2.45) is 0 Å². The summed E-state index contributed by atoms with van der Waals surface area (Å²) in [4.78, 5) is 35.1. The van der Waals surface area contributed by atoms with Crippen molar-refractivity contribution in [1.82, 2.24) is 30.4 Å². The number of nitrogens with one attached hydrogen (secondary N) is 1. The topological polar surface area (TPSA) is 115 Å². The van der Waals surface area contributed by atoms with Crippen LogP contribution >= 0.6 is 0 Å². The number of rotatable bonds is 7. The Kier molecular flexibility index (Phi) is 5.80. The molecule has 0 saturated heterocycles. The van der Waals surface area contributed by atoms with Gasteiger partial charge in [-0.15, -0.1) is 0 Å². The van der Waals surface area contributed by atoms with Gasteiger partial charge in [-0.2, -0.15) is 15.0 Å². The number of hydrogen-bond acceptors (Lipinski definition) is 7. The van der Waals surface area contributed by atoms with Crippen LogP contribution in [-0.2, 0) is 11.3 Å². The summed E-state index contributed by atoms with van der Waals surface area (Å²) in [6.45, 7) is 1.94. The maximum Gasteiger partial charge on any atom is 0.299 e. The van der Waals surface area contributed by atoms with E-state index >= 15 is 0 Å². The summed E-state index contributed by atoms with van der Waals surface area (Å²) in [5.41, 5.74) is 1.20. The van der Waals surface area contributed by atoms with Crippen LogP contribution < -0.4 is 5.32 Å². The third-order valence-corrected chi connectivity index (χ3v) is 4.01. The predicted molar refractivity (Wildman–Crippen MR) is 97.7 cm³/mol. The SMILES string of the molecule is CON(C)C(=O)c1nc(CCNC(=O)c2ccccc2-n2nccn2)oc1C. The monoisotopic (exact) mass is 384 g/mol. The summed E-state index contributed by atoms with van der Waals surface area (Å²) < 4.78 is 5.51. The second kappa shape index (κ2) is 8.44. The van der Waals surface area contributed by atoms with Crippen molar-refractivity contribution < 1.29 is 18.8 Å². The third-order valence-electron chi connectivity index (χ3n) is 4.01. The molecule has 1 N–H and O–H groups in total. The van der Waals surface area contributed by atoms with Gasteiger partial charge in [-0.05, 0) is 19.1 Å². The van der Waals surface area contributed by atoms with Crippen molar-refractivity contribution in [1.29, 1.82) is 0 Å². The number of hydrogen-bond donors (Lipinski definition) is 1. The Morgan fingerprint density at radius 3 is 2.68 bits per heavy atom. The van der Waals surface area contributed by atoms with Crippen LogP contribution in [0, 0.1) is 6.92 Å². The van der Waals surface area contributed by atoms with Crippen LogP contribution in [0.5, 0.6) is 0 Å². The minimum Gasteiger partial charge on any atom is -0.445 e. The number of benzene rings is 1. The number of aryl methyl sites for hydroxylation is 1. The Hall–Kier alpha value is -3.53. The molecular formula is C18H20N6O4. The maximum atomic E-state index is 12.6. The van der Waals surface area contributed by atoms with Gasteiger partial charge in [0.05, 0.1) is 30.8 Å². The molecule has 10 heteroatoms. The fraction of sp³-hybridized carbons (Fsp3) is 0.278. The number of nitrogens with zero attached hydrogens (tertiary/aromatic N) is 5. The lowest BCUT2D eigenvalue weighted by Crippen LogP contribution is -2.27. The molecule has 2 heterocycles. The van der Waals surface area contributed by atoms with Gasteiger partial charge in [0.2, 0.25) is 0 Å². The van der Waals surface area contributed by atoms with E-state index in [-0.39, 0.29) is 18.1 Å². The standard InChI is InChI=1S/C18H20N6O4/c1-12-16(18(26)23(2)27-3)22-15(28-12)8-9-19-17(25)13-6-4-5-7-14(13)24-20-10-11-21-24/h4-7,10-11H,8-9H2,1-3H3,(H,19,25). The smallest absolute Gasteiger partial charge is 0.299 e. The van der Waals surface area contributed by atoms with E-state index in [1.807, 2.05) is 0 Å². The summed E-state index contributed by atoms with van der Waals surface area (Å²) >= 11 is 0. The number of aromatic nitrogens is 4. The largest absolute Gasteiger partial charge is 0.445 e. The fourth-order valence-electron chi connectivity index (χ4n) is 2.55. The zero-order chi connectivity index (χ0) is 20.1. The maximum absolute atomic E-state index is 12.6. The fourth-order valence-corrected chi connectivity index (χ4v) is 2.55. The van der Waals surface area contributed by atoms with E-state index in [1.54, 1.807) is 43.6 Å². The molecule has 146 valence electrons. The van der Waals surface area contributed by atoms with Crippen LogP contribution in [0.15, 0.2) is 41.1 Å². The summed E-state index contributed by atoms with van der Waals surface area (Å²) in [6, 6.07) is 7.03. The Balaban J connectivity index is 1.64. The second-order valence-electron chi connectivity index (χ2n) is 5.84. The van der Waals surface area contributed by atoms with Crippen molar-refractivity contribution >= 4 is 11.8 Å². The molecule has 0 bridgehead atoms. The molecule has 0 unspecified atom stereocenters. The number of para-hydroxylation sites is 1. The molecule has 0 aliphatic rings. The van der Waals surface area contributed by atoms with Crippen LogP contribution in [0.25, 0.3) is 5.69 Å². The third kappa shape index (κ3) is 4.07. The molecule has 0 spiro atoms. The summed E-state index contributed by atoms with van der Waals surface area (Å²) in [6.07, 6.45) is 3.41. The highest BCUT2D eigenvalue weighted by Gasteiger charge is 2.21. The van der Waals surface area contributed by atoms with Gasteiger partial charge >= 0.3 is 0 Å². The van der Waals surface area contributed by atoms with E-state index in [4.69, 9.17) is 9.25 Å². The quantitative estimate of drug-likeness (QED) is 0.608. The van der Waals surface area contributed by atoms with Crippen molar-refractivity contribution in [3.63, 3.8) is 0 Å². The van der Waals surface area contributed by atoms with Crippen molar-refractivity contribution in [3.8, 4) is 5.69 Å². The second-order valence-corrected chi connectivity index (χ2v) is 5.84. The van der Waals surface area contributed by atoms with Crippen LogP contribution in [0.1, 0.15) is 32.5 Å². The molecule has 10 nitrogen and oxygen atoms in total. The van der Waals surface area contributed by atoms with Crippen molar-refractivity contribution in [2.45, 2.75) is 13.3 Å². The lowest BCUT2D eigenvalue weighted by molar-refractivity contribution is -0.0761. The number of hydroxylamine groups is 2. The van der Waals surface area contributed by atoms with E-state index < -0.39 is 5.91 Å². The average molecular weight is 384 g/mol. The predicted octanol–water partition coefficient (Wildman–Crippen LogP) is 1.17. The highest BCUT2D eigenvalue weighted by Crippen LogP contribution is 2.14. The molecule has 3 rings (SSSR count). The minimum atomic E-state index is -0.403. The lowest BCUT2D eigenvalue weighted by atomic mass is 10.1. The first-order valence-corrected chi connectivity index (χ1v) is 8.53. The zero-order valence-electron chi connectivity index (χ0n) is 15.7. The molecule has 0 radical (unpaired) electrons. The van der Waals surface area contributed by atoms with E-state index in [1.165, 1.54) is 19.0 Å². The molecular weight excluding hydrogens is 364 g/mol. The first-order valence-electron chi connectivity index (χ1n) is 8.53. The summed E-state index contributed by atoms with van der Waals surface area (Å²) in [5, 5.41) is 12.0. The summed E-state index contributed by atoms with van der Waals surface area (Å²) in [5.74, 6) is 0.0734. The van der Waals surface area contributed by atoms with Crippen molar-refractivity contribution in [2.75, 3.05) is 20.7 Å². The molecule has 0 aliphatic heterocycles. The molecule has 3 aromatic rings. The number of carbonyl (C=O) groups is 2. The highest BCUT2D eigenvalue weighted by molar-refractivity contribution is 5.97. The van der Waals surface area contributed by atoms with E-state index in [0.29, 0.717) is 29.3 Å². The first-order chi connectivity index (χ1) is 13.5. The van der Waals surface area contributed by atoms with Gasteiger partial charge in [-0.25, -0.2) is 10.0 Å². The van der Waals surface area contributed by atoms with Gasteiger partial charge in [-0.3, -0.25) is 14.4 Å². The van der Waals surface area contributed by atoms with Gasteiger partial charge in [0.25, 0.3) is 11.8 Å². The Morgan fingerprint density at radius 1 is 1.25 bits per heavy atom. The molecule has 0 fully saturated rings. The minimum absolute atomic E-state index is 0.181. The number of amides is 2. The molecule has 1 aromatic carbocycles. The molecule has 0 atom stereocenters. The Bertz CT molecular complexity index is 966. The molecule has 0 aliphatic carbocycles. The van der Waals surface area contributed by atoms with E-state index in [9.17, 15) is 9.59 Å². The van der Waals surface area contributed by atoms with Gasteiger partial charge in [0.1, 0.15) is 5.76 Å². The van der Waals surface area contributed by atoms with Crippen LogP contribution in [0.3, 0.4) is 0 Å². The van der Waals surface area contributed by atoms with Crippen LogP contribution in [-0.4, -0.2) is 57.6 Å². The first kappa shape index (κ1) is 19.2. The average Bonchev–Trinajstić information content (AvgIpc) is 3.36. The molecule has 28 heavy (non-hydrogen) atoms. The Morgan fingerprint density at radius 2 is 1.96 bits per heavy atom. The van der Waals surface area contributed by atoms with Gasteiger partial charge in [0.15, 0.2) is 11.6 Å². The van der Waals surface area contributed by atoms with Gasteiger partial charge in [0, 0.05) is 20.0 Å². The lowest BCUT2D eigenvalue weighted by Gasteiger charge is -2.11. The highest BCUT2D eigenvalue weighted by atomic mass is 16.7. The number of carbonyl (C=O) groups excluding carboxylic acids is 2. The van der Waals surface area contributed by atoms with Crippen molar-refractivity contribution in [3.05, 3.63) is 59.6 Å². The van der Waals surface area contributed by atoms with Crippen LogP contribution in [0.2, 0.25) is 0 Å². The van der Waals surface area contributed by atoms with Crippen LogP contribution in [0.4, 0.5) is 0 Å². The molecule has 2 aromatic heterocycles. The zero-order valence-corrected chi connectivity index (χ0v) is 15.7. The summed E-state index contributed by atoms with van der Waals surface area (Å²) in [7, 11) is 2.88. The normalized spacial score (nSPS) is 10.7. The van der Waals surface area contributed by atoms with E-state index in [0.717, 1.165) is 5.06 Å². The molecule has 0 saturated carbocycles. The molecule has 2 amide bonds. The Labute approximate surface area is 161 Å².